The van der Waals surface area contributed by atoms with Gasteiger partial charge in [0.2, 0.25) is 0 Å². The third-order valence-electron chi connectivity index (χ3n) is 4.25. The minimum absolute atomic E-state index is 0.171. The molecule has 19 heavy (non-hydrogen) atoms. The van der Waals surface area contributed by atoms with Gasteiger partial charge in [0.05, 0.1) is 0 Å². The van der Waals surface area contributed by atoms with Crippen molar-refractivity contribution in [3.8, 4) is 0 Å². The van der Waals surface area contributed by atoms with Crippen LogP contribution in [0.4, 0.5) is 5.69 Å². The molecule has 1 heterocycles. The number of nitrogens with zero attached hydrogens (tertiary/aromatic N) is 2. The van der Waals surface area contributed by atoms with Crippen molar-refractivity contribution in [2.24, 2.45) is 5.73 Å². The number of hydrogen-bond acceptors (Lipinski definition) is 3. The summed E-state index contributed by atoms with van der Waals surface area (Å²) in [5.74, 6) is 0. The highest BCUT2D eigenvalue weighted by Crippen LogP contribution is 2.23. The molecule has 1 aromatic carbocycles. The molecule has 1 aromatic rings. The fourth-order valence-electron chi connectivity index (χ4n) is 2.78. The van der Waals surface area contributed by atoms with Crippen LogP contribution in [-0.2, 0) is 0 Å². The van der Waals surface area contributed by atoms with Crippen LogP contribution in [0.1, 0.15) is 37.8 Å². The van der Waals surface area contributed by atoms with E-state index in [4.69, 9.17) is 5.73 Å². The summed E-state index contributed by atoms with van der Waals surface area (Å²) in [7, 11) is 4.36. The van der Waals surface area contributed by atoms with Crippen molar-refractivity contribution < 1.29 is 0 Å². The molecule has 0 radical (unpaired) electrons. The molecule has 106 valence electrons. The Kier molecular flexibility index (Phi) is 4.83. The third kappa shape index (κ3) is 3.48. The van der Waals surface area contributed by atoms with Crippen LogP contribution in [0.3, 0.4) is 0 Å². The van der Waals surface area contributed by atoms with Gasteiger partial charge in [0.1, 0.15) is 0 Å². The number of nitrogens with two attached hydrogens (primary N) is 1. The van der Waals surface area contributed by atoms with Gasteiger partial charge in [-0.3, -0.25) is 0 Å². The Morgan fingerprint density at radius 3 is 2.58 bits per heavy atom. The molecule has 2 N–H and O–H groups in total. The first-order valence-electron chi connectivity index (χ1n) is 7.38. The fourth-order valence-corrected chi connectivity index (χ4v) is 2.78. The zero-order valence-corrected chi connectivity index (χ0v) is 12.5. The van der Waals surface area contributed by atoms with Crippen molar-refractivity contribution in [2.75, 3.05) is 32.1 Å². The summed E-state index contributed by atoms with van der Waals surface area (Å²) in [5.41, 5.74) is 8.64. The van der Waals surface area contributed by atoms with Crippen LogP contribution in [0.5, 0.6) is 0 Å². The van der Waals surface area contributed by atoms with Gasteiger partial charge in [-0.1, -0.05) is 19.1 Å². The highest BCUT2D eigenvalue weighted by molar-refractivity contribution is 5.48. The number of anilines is 1. The molecule has 0 saturated carbocycles. The lowest BCUT2D eigenvalue weighted by molar-refractivity contribution is 0.258. The normalized spacial score (nSPS) is 21.7. The van der Waals surface area contributed by atoms with Crippen LogP contribution < -0.4 is 10.6 Å². The number of likely N-dealkylation sites (N-methyl/N-ethyl adjacent to an activating group) is 1. The van der Waals surface area contributed by atoms with Gasteiger partial charge in [-0.05, 0) is 51.1 Å². The molecule has 1 aliphatic heterocycles. The number of benzene rings is 1. The summed E-state index contributed by atoms with van der Waals surface area (Å²) >= 11 is 0. The summed E-state index contributed by atoms with van der Waals surface area (Å²) in [6, 6.07) is 9.66. The van der Waals surface area contributed by atoms with Crippen LogP contribution >= 0.6 is 0 Å². The Labute approximate surface area is 117 Å². The summed E-state index contributed by atoms with van der Waals surface area (Å²) in [5, 5.41) is 0. The number of piperidine rings is 1. The quantitative estimate of drug-likeness (QED) is 0.904. The Morgan fingerprint density at radius 1 is 1.32 bits per heavy atom. The van der Waals surface area contributed by atoms with Crippen LogP contribution in [0.25, 0.3) is 0 Å². The Bertz CT molecular complexity index is 385. The summed E-state index contributed by atoms with van der Waals surface area (Å²) in [6.07, 6.45) is 3.58. The monoisotopic (exact) mass is 261 g/mol. The SMILES string of the molecule is CC[C@@H](N)c1ccc(N2CCCC(N(C)C)C2)cc1. The van der Waals surface area contributed by atoms with Crippen molar-refractivity contribution in [3.63, 3.8) is 0 Å². The van der Waals surface area contributed by atoms with Gasteiger partial charge in [0, 0.05) is 30.9 Å². The van der Waals surface area contributed by atoms with E-state index in [9.17, 15) is 0 Å². The van der Waals surface area contributed by atoms with E-state index in [0.29, 0.717) is 6.04 Å². The predicted molar refractivity (Wildman–Crippen MR) is 82.6 cm³/mol. The smallest absolute Gasteiger partial charge is 0.0366 e. The first-order chi connectivity index (χ1) is 9.11. The second-order valence-electron chi connectivity index (χ2n) is 5.81. The van der Waals surface area contributed by atoms with Crippen molar-refractivity contribution in [2.45, 2.75) is 38.3 Å². The zero-order valence-electron chi connectivity index (χ0n) is 12.5. The van der Waals surface area contributed by atoms with Gasteiger partial charge in [0.25, 0.3) is 0 Å². The molecule has 1 unspecified atom stereocenters. The van der Waals surface area contributed by atoms with Gasteiger partial charge in [0.15, 0.2) is 0 Å². The third-order valence-corrected chi connectivity index (χ3v) is 4.25. The molecule has 1 fully saturated rings. The zero-order chi connectivity index (χ0) is 13.8. The van der Waals surface area contributed by atoms with Crippen molar-refractivity contribution in [1.29, 1.82) is 0 Å². The molecule has 1 aliphatic rings. The fraction of sp³-hybridized carbons (Fsp3) is 0.625. The lowest BCUT2D eigenvalue weighted by atomic mass is 10.0. The van der Waals surface area contributed by atoms with Crippen LogP contribution in [0.15, 0.2) is 24.3 Å². The van der Waals surface area contributed by atoms with Gasteiger partial charge in [-0.25, -0.2) is 0 Å². The lowest BCUT2D eigenvalue weighted by Crippen LogP contribution is -2.45. The standard InChI is InChI=1S/C16H27N3/c1-4-16(17)13-7-9-14(10-8-13)19-11-5-6-15(12-19)18(2)3/h7-10,15-16H,4-6,11-12,17H2,1-3H3/t15?,16-/m1/s1. The maximum absolute atomic E-state index is 6.06. The highest BCUT2D eigenvalue weighted by Gasteiger charge is 2.21. The van der Waals surface area contributed by atoms with Gasteiger partial charge < -0.3 is 15.5 Å². The molecular formula is C16H27N3. The van der Waals surface area contributed by atoms with Gasteiger partial charge in [-0.2, -0.15) is 0 Å². The first kappa shape index (κ1) is 14.4. The number of hydrogen-bond donors (Lipinski definition) is 1. The lowest BCUT2D eigenvalue weighted by Gasteiger charge is -2.37. The van der Waals surface area contributed by atoms with Crippen molar-refractivity contribution in [1.82, 2.24) is 4.90 Å². The Hall–Kier alpha value is -1.06. The molecule has 0 aliphatic carbocycles. The Balaban J connectivity index is 2.05. The molecule has 1 saturated heterocycles. The molecule has 2 atom stereocenters. The molecule has 0 bridgehead atoms. The second kappa shape index (κ2) is 6.40. The van der Waals surface area contributed by atoms with E-state index in [0.717, 1.165) is 13.0 Å². The van der Waals surface area contributed by atoms with E-state index in [2.05, 4.69) is 55.1 Å². The molecule has 0 aromatic heterocycles. The van der Waals surface area contributed by atoms with Crippen molar-refractivity contribution in [3.05, 3.63) is 29.8 Å². The molecule has 3 nitrogen and oxygen atoms in total. The maximum atomic E-state index is 6.06. The molecule has 3 heteroatoms. The predicted octanol–water partition coefficient (Wildman–Crippen LogP) is 2.63. The summed E-state index contributed by atoms with van der Waals surface area (Å²) < 4.78 is 0. The minimum atomic E-state index is 0.171. The first-order valence-corrected chi connectivity index (χ1v) is 7.38. The molecular weight excluding hydrogens is 234 g/mol. The van der Waals surface area contributed by atoms with Crippen LogP contribution in [0, 0.1) is 0 Å². The van der Waals surface area contributed by atoms with Crippen molar-refractivity contribution >= 4 is 5.69 Å². The summed E-state index contributed by atoms with van der Waals surface area (Å²) in [6.45, 7) is 4.43. The van der Waals surface area contributed by atoms with E-state index < -0.39 is 0 Å². The average molecular weight is 261 g/mol. The molecule has 0 spiro atoms. The largest absolute Gasteiger partial charge is 0.370 e. The molecule has 0 amide bonds. The summed E-state index contributed by atoms with van der Waals surface area (Å²) in [4.78, 5) is 4.84. The minimum Gasteiger partial charge on any atom is -0.370 e. The Morgan fingerprint density at radius 2 is 2.00 bits per heavy atom. The second-order valence-corrected chi connectivity index (χ2v) is 5.81. The van der Waals surface area contributed by atoms with Gasteiger partial charge in [-0.15, -0.1) is 0 Å². The maximum Gasteiger partial charge on any atom is 0.0366 e. The molecule has 2 rings (SSSR count). The van der Waals surface area contributed by atoms with Gasteiger partial charge >= 0.3 is 0 Å². The number of rotatable bonds is 4. The highest BCUT2D eigenvalue weighted by atomic mass is 15.2. The van der Waals surface area contributed by atoms with Crippen LogP contribution in [0.2, 0.25) is 0 Å². The van der Waals surface area contributed by atoms with Crippen LogP contribution in [-0.4, -0.2) is 38.1 Å². The van der Waals surface area contributed by atoms with E-state index >= 15 is 0 Å². The van der Waals surface area contributed by atoms with E-state index in [-0.39, 0.29) is 6.04 Å². The van der Waals surface area contributed by atoms with E-state index in [1.165, 1.54) is 30.6 Å². The average Bonchev–Trinajstić information content (AvgIpc) is 2.46. The van der Waals surface area contributed by atoms with E-state index in [1.807, 2.05) is 0 Å². The topological polar surface area (TPSA) is 32.5 Å². The van der Waals surface area contributed by atoms with E-state index in [1.54, 1.807) is 0 Å².